The summed E-state index contributed by atoms with van der Waals surface area (Å²) in [7, 11) is 4.03. The maximum absolute atomic E-state index is 11.7. The van der Waals surface area contributed by atoms with Crippen LogP contribution in [0.1, 0.15) is 19.3 Å². The van der Waals surface area contributed by atoms with Crippen LogP contribution >= 0.6 is 11.6 Å². The molecule has 0 atom stereocenters. The molecule has 8 nitrogen and oxygen atoms in total. The molecule has 9 heteroatoms. The van der Waals surface area contributed by atoms with Crippen LogP contribution in [0.5, 0.6) is 0 Å². The van der Waals surface area contributed by atoms with Gasteiger partial charge in [-0.3, -0.25) is 4.79 Å². The number of carbonyl (C=O) groups excluding carboxylic acids is 1. The van der Waals surface area contributed by atoms with E-state index in [-0.39, 0.29) is 11.2 Å². The zero-order valence-corrected chi connectivity index (χ0v) is 14.2. The molecule has 2 heterocycles. The topological polar surface area (TPSA) is 98.8 Å². The number of halogens is 1. The van der Waals surface area contributed by atoms with E-state index in [2.05, 4.69) is 35.5 Å². The Balaban J connectivity index is 1.68. The lowest BCUT2D eigenvalue weighted by Crippen LogP contribution is -2.27. The van der Waals surface area contributed by atoms with Crippen LogP contribution in [0, 0.1) is 0 Å². The summed E-state index contributed by atoms with van der Waals surface area (Å²) in [4.78, 5) is 29.0. The lowest BCUT2D eigenvalue weighted by molar-refractivity contribution is -0.121. The van der Waals surface area contributed by atoms with Crippen molar-refractivity contribution in [2.24, 2.45) is 0 Å². The van der Waals surface area contributed by atoms with Crippen LogP contribution in [-0.2, 0) is 4.79 Å². The van der Waals surface area contributed by atoms with Gasteiger partial charge in [0.05, 0.1) is 6.33 Å². The van der Waals surface area contributed by atoms with Crippen molar-refractivity contribution >= 4 is 34.5 Å². The van der Waals surface area contributed by atoms with Crippen LogP contribution < -0.4 is 10.6 Å². The number of nitrogens with one attached hydrogen (secondary N) is 3. The Labute approximate surface area is 140 Å². The number of carbonyl (C=O) groups is 1. The number of nitrogens with zero attached hydrogens (tertiary/aromatic N) is 4. The lowest BCUT2D eigenvalue weighted by atomic mass is 10.3. The smallest absolute Gasteiger partial charge is 0.226 e. The molecule has 0 fully saturated rings. The third-order valence-corrected chi connectivity index (χ3v) is 3.40. The third kappa shape index (κ3) is 5.65. The minimum atomic E-state index is 0.0676. The summed E-state index contributed by atoms with van der Waals surface area (Å²) in [5.74, 6) is 0.668. The highest BCUT2D eigenvalue weighted by atomic mass is 35.5. The van der Waals surface area contributed by atoms with Crippen LogP contribution in [0.4, 0.5) is 5.82 Å². The van der Waals surface area contributed by atoms with Gasteiger partial charge in [-0.15, -0.1) is 0 Å². The van der Waals surface area contributed by atoms with Crippen molar-refractivity contribution in [3.8, 4) is 0 Å². The molecule has 2 aromatic heterocycles. The van der Waals surface area contributed by atoms with Gasteiger partial charge < -0.3 is 20.5 Å². The van der Waals surface area contributed by atoms with Crippen LogP contribution in [0.25, 0.3) is 11.2 Å². The number of anilines is 1. The van der Waals surface area contributed by atoms with E-state index in [0.717, 1.165) is 13.0 Å². The predicted molar refractivity (Wildman–Crippen MR) is 90.6 cm³/mol. The van der Waals surface area contributed by atoms with E-state index in [1.165, 1.54) is 0 Å². The van der Waals surface area contributed by atoms with Crippen molar-refractivity contribution in [3.63, 3.8) is 0 Å². The van der Waals surface area contributed by atoms with Crippen LogP contribution in [-0.4, -0.2) is 64.5 Å². The average molecular weight is 340 g/mol. The summed E-state index contributed by atoms with van der Waals surface area (Å²) in [6, 6.07) is 0. The number of rotatable bonds is 9. The zero-order valence-electron chi connectivity index (χ0n) is 13.4. The second kappa shape index (κ2) is 8.64. The fraction of sp³-hybridized carbons (Fsp3) is 0.571. The third-order valence-electron chi connectivity index (χ3n) is 3.24. The number of aromatic amines is 1. The Morgan fingerprint density at radius 3 is 2.91 bits per heavy atom. The number of imidazole rings is 1. The normalized spacial score (nSPS) is 11.1. The molecule has 0 spiro atoms. The Hall–Kier alpha value is -1.93. The maximum atomic E-state index is 11.7. The van der Waals surface area contributed by atoms with Crippen molar-refractivity contribution in [2.75, 3.05) is 39.0 Å². The molecule has 0 aliphatic carbocycles. The SMILES string of the molecule is CN(C)CCCNC(=O)CCCNc1nc(Cl)nc2nc[nH]c12. The molecule has 0 saturated heterocycles. The Morgan fingerprint density at radius 1 is 1.30 bits per heavy atom. The summed E-state index contributed by atoms with van der Waals surface area (Å²) in [6.45, 7) is 2.30. The maximum Gasteiger partial charge on any atom is 0.226 e. The van der Waals surface area contributed by atoms with E-state index in [1.807, 2.05) is 14.1 Å². The number of hydrogen-bond acceptors (Lipinski definition) is 6. The molecule has 0 bridgehead atoms. The summed E-state index contributed by atoms with van der Waals surface area (Å²) in [5, 5.41) is 6.22. The number of hydrogen-bond donors (Lipinski definition) is 3. The molecule has 3 N–H and O–H groups in total. The second-order valence-electron chi connectivity index (χ2n) is 5.48. The number of amides is 1. The van der Waals surface area contributed by atoms with Crippen LogP contribution in [0.2, 0.25) is 5.28 Å². The van der Waals surface area contributed by atoms with Gasteiger partial charge in [-0.25, -0.2) is 4.98 Å². The van der Waals surface area contributed by atoms with E-state index >= 15 is 0 Å². The standard InChI is InChI=1S/C14H22ClN7O/c1-22(2)8-4-7-16-10(23)5-3-6-17-12-11-13(19-9-18-11)21-14(15)20-12/h9H,3-8H2,1-2H3,(H,16,23)(H2,17,18,19,20,21). The molecule has 2 aromatic rings. The van der Waals surface area contributed by atoms with Crippen LogP contribution in [0.3, 0.4) is 0 Å². The predicted octanol–water partition coefficient (Wildman–Crippen LogP) is 1.27. The van der Waals surface area contributed by atoms with Gasteiger partial charge >= 0.3 is 0 Å². The van der Waals surface area contributed by atoms with Gasteiger partial charge in [0, 0.05) is 19.5 Å². The van der Waals surface area contributed by atoms with Crippen molar-refractivity contribution in [1.82, 2.24) is 30.2 Å². The summed E-state index contributed by atoms with van der Waals surface area (Å²) < 4.78 is 0. The van der Waals surface area contributed by atoms with E-state index < -0.39 is 0 Å². The second-order valence-corrected chi connectivity index (χ2v) is 5.82. The molecule has 0 aliphatic heterocycles. The molecule has 23 heavy (non-hydrogen) atoms. The molecule has 126 valence electrons. The lowest BCUT2D eigenvalue weighted by Gasteiger charge is -2.10. The van der Waals surface area contributed by atoms with Gasteiger partial charge in [0.15, 0.2) is 11.5 Å². The van der Waals surface area contributed by atoms with Gasteiger partial charge in [-0.05, 0) is 45.1 Å². The molecular formula is C14H22ClN7O. The molecule has 0 aliphatic rings. The van der Waals surface area contributed by atoms with E-state index in [9.17, 15) is 4.79 Å². The largest absolute Gasteiger partial charge is 0.368 e. The van der Waals surface area contributed by atoms with Crippen molar-refractivity contribution in [2.45, 2.75) is 19.3 Å². The highest BCUT2D eigenvalue weighted by molar-refractivity contribution is 6.28. The highest BCUT2D eigenvalue weighted by Crippen LogP contribution is 2.18. The van der Waals surface area contributed by atoms with E-state index in [0.29, 0.717) is 42.9 Å². The number of fused-ring (bicyclic) bond motifs is 1. The zero-order chi connectivity index (χ0) is 16.7. The van der Waals surface area contributed by atoms with E-state index in [1.54, 1.807) is 6.33 Å². The average Bonchev–Trinajstić information content (AvgIpc) is 2.96. The minimum absolute atomic E-state index is 0.0676. The molecular weight excluding hydrogens is 318 g/mol. The minimum Gasteiger partial charge on any atom is -0.368 e. The van der Waals surface area contributed by atoms with Crippen molar-refractivity contribution < 1.29 is 4.79 Å². The summed E-state index contributed by atoms with van der Waals surface area (Å²) in [6.07, 6.45) is 3.67. The Kier molecular flexibility index (Phi) is 6.54. The Morgan fingerprint density at radius 2 is 2.13 bits per heavy atom. The molecule has 1 amide bonds. The van der Waals surface area contributed by atoms with Crippen LogP contribution in [0.15, 0.2) is 6.33 Å². The summed E-state index contributed by atoms with van der Waals surface area (Å²) >= 11 is 5.85. The first-order valence-electron chi connectivity index (χ1n) is 7.58. The quantitative estimate of drug-likeness (QED) is 0.470. The number of H-pyrrole nitrogens is 1. The van der Waals surface area contributed by atoms with Gasteiger partial charge in [-0.2, -0.15) is 9.97 Å². The molecule has 0 aromatic carbocycles. The van der Waals surface area contributed by atoms with Crippen molar-refractivity contribution in [3.05, 3.63) is 11.6 Å². The van der Waals surface area contributed by atoms with E-state index in [4.69, 9.17) is 11.6 Å². The molecule has 0 radical (unpaired) electrons. The monoisotopic (exact) mass is 339 g/mol. The fourth-order valence-electron chi connectivity index (χ4n) is 2.10. The first-order chi connectivity index (χ1) is 11.1. The first-order valence-corrected chi connectivity index (χ1v) is 7.96. The molecule has 2 rings (SSSR count). The summed E-state index contributed by atoms with van der Waals surface area (Å²) in [5.41, 5.74) is 1.23. The highest BCUT2D eigenvalue weighted by Gasteiger charge is 2.08. The van der Waals surface area contributed by atoms with Gasteiger partial charge in [0.25, 0.3) is 0 Å². The van der Waals surface area contributed by atoms with Gasteiger partial charge in [0.1, 0.15) is 5.52 Å². The fourth-order valence-corrected chi connectivity index (χ4v) is 2.27. The molecule has 0 unspecified atom stereocenters. The first kappa shape index (κ1) is 17.4. The van der Waals surface area contributed by atoms with Gasteiger partial charge in [-0.1, -0.05) is 0 Å². The Bertz CT molecular complexity index is 643. The molecule has 0 saturated carbocycles. The van der Waals surface area contributed by atoms with Gasteiger partial charge in [0.2, 0.25) is 11.2 Å². The number of aromatic nitrogens is 4. The van der Waals surface area contributed by atoms with Crippen molar-refractivity contribution in [1.29, 1.82) is 0 Å².